The van der Waals surface area contributed by atoms with Gasteiger partial charge in [0.2, 0.25) is 18.6 Å². The molecule has 0 fully saturated rings. The molecule has 1 unspecified atom stereocenters. The Morgan fingerprint density at radius 1 is 1.21 bits per heavy atom. The van der Waals surface area contributed by atoms with E-state index in [4.69, 9.17) is 25.7 Å². The van der Waals surface area contributed by atoms with Crippen molar-refractivity contribution in [1.82, 2.24) is 0 Å². The van der Waals surface area contributed by atoms with Crippen LogP contribution in [0.1, 0.15) is 12.0 Å². The van der Waals surface area contributed by atoms with E-state index in [2.05, 4.69) is 0 Å². The predicted molar refractivity (Wildman–Crippen MR) is 84.9 cm³/mol. The summed E-state index contributed by atoms with van der Waals surface area (Å²) in [4.78, 5) is 23.9. The number of hydrogen-bond acceptors (Lipinski definition) is 5. The van der Waals surface area contributed by atoms with Crippen molar-refractivity contribution in [1.29, 1.82) is 0 Å². The molecule has 0 saturated heterocycles. The summed E-state index contributed by atoms with van der Waals surface area (Å²) in [5.41, 5.74) is 11.0. The third-order valence-corrected chi connectivity index (χ3v) is 4.35. The van der Waals surface area contributed by atoms with Crippen molar-refractivity contribution in [2.45, 2.75) is 12.8 Å². The SMILES string of the molecule is COC1=CC=C(C(N)=O)CC1(Cc1ccc2c(c1)OCO2)C(N)=O. The van der Waals surface area contributed by atoms with E-state index < -0.39 is 17.2 Å². The van der Waals surface area contributed by atoms with Crippen LogP contribution in [0.2, 0.25) is 0 Å². The number of methoxy groups -OCH3 is 1. The Morgan fingerprint density at radius 3 is 2.62 bits per heavy atom. The molecule has 3 rings (SSSR count). The van der Waals surface area contributed by atoms with Crippen LogP contribution < -0.4 is 20.9 Å². The van der Waals surface area contributed by atoms with E-state index in [1.54, 1.807) is 24.3 Å². The van der Waals surface area contributed by atoms with Crippen LogP contribution in [0.5, 0.6) is 11.5 Å². The van der Waals surface area contributed by atoms with Crippen LogP contribution >= 0.6 is 0 Å². The molecule has 7 heteroatoms. The fraction of sp³-hybridized carbons (Fsp3) is 0.294. The molecule has 0 radical (unpaired) electrons. The lowest BCUT2D eigenvalue weighted by molar-refractivity contribution is -0.127. The molecule has 0 bridgehead atoms. The van der Waals surface area contributed by atoms with Gasteiger partial charge < -0.3 is 25.7 Å². The minimum atomic E-state index is -1.18. The third-order valence-electron chi connectivity index (χ3n) is 4.35. The fourth-order valence-corrected chi connectivity index (χ4v) is 3.08. The van der Waals surface area contributed by atoms with Gasteiger partial charge in [0.1, 0.15) is 11.2 Å². The maximum Gasteiger partial charge on any atom is 0.244 e. The second-order valence-electron chi connectivity index (χ2n) is 5.78. The van der Waals surface area contributed by atoms with Gasteiger partial charge >= 0.3 is 0 Å². The zero-order valence-electron chi connectivity index (χ0n) is 13.2. The summed E-state index contributed by atoms with van der Waals surface area (Å²) in [5, 5.41) is 0. The maximum atomic E-state index is 12.3. The van der Waals surface area contributed by atoms with E-state index in [0.717, 1.165) is 5.56 Å². The summed E-state index contributed by atoms with van der Waals surface area (Å²) in [5.74, 6) is 0.489. The van der Waals surface area contributed by atoms with Crippen LogP contribution in [0.25, 0.3) is 0 Å². The van der Waals surface area contributed by atoms with Crippen molar-refractivity contribution in [3.63, 3.8) is 0 Å². The number of ether oxygens (including phenoxy) is 3. The molecular formula is C17H18N2O5. The lowest BCUT2D eigenvalue weighted by Crippen LogP contribution is -2.43. The van der Waals surface area contributed by atoms with Gasteiger partial charge in [-0.15, -0.1) is 0 Å². The van der Waals surface area contributed by atoms with Crippen molar-refractivity contribution < 1.29 is 23.8 Å². The molecule has 7 nitrogen and oxygen atoms in total. The molecule has 126 valence electrons. The van der Waals surface area contributed by atoms with Gasteiger partial charge in [-0.05, 0) is 36.6 Å². The summed E-state index contributed by atoms with van der Waals surface area (Å²) in [6.45, 7) is 0.164. The molecule has 0 spiro atoms. The number of benzene rings is 1. The molecule has 1 heterocycles. The number of carbonyl (C=O) groups excluding carboxylic acids is 2. The summed E-state index contributed by atoms with van der Waals surface area (Å²) in [6.07, 6.45) is 3.47. The van der Waals surface area contributed by atoms with Gasteiger partial charge in [-0.3, -0.25) is 9.59 Å². The zero-order valence-corrected chi connectivity index (χ0v) is 13.2. The Morgan fingerprint density at radius 2 is 1.96 bits per heavy atom. The van der Waals surface area contributed by atoms with Crippen LogP contribution in [0.15, 0.2) is 41.7 Å². The van der Waals surface area contributed by atoms with Crippen molar-refractivity contribution >= 4 is 11.8 Å². The molecular weight excluding hydrogens is 312 g/mol. The average molecular weight is 330 g/mol. The summed E-state index contributed by atoms with van der Waals surface area (Å²) >= 11 is 0. The minimum Gasteiger partial charge on any atom is -0.500 e. The van der Waals surface area contributed by atoms with E-state index in [0.29, 0.717) is 22.8 Å². The van der Waals surface area contributed by atoms with Gasteiger partial charge in [-0.25, -0.2) is 0 Å². The molecule has 1 aromatic rings. The minimum absolute atomic E-state index is 0.0891. The van der Waals surface area contributed by atoms with Gasteiger partial charge in [0.15, 0.2) is 11.5 Å². The first-order valence-corrected chi connectivity index (χ1v) is 7.40. The molecule has 0 aromatic heterocycles. The zero-order chi connectivity index (χ0) is 17.3. The van der Waals surface area contributed by atoms with Crippen LogP contribution in [-0.4, -0.2) is 25.7 Å². The first kappa shape index (κ1) is 15.9. The largest absolute Gasteiger partial charge is 0.500 e. The topological polar surface area (TPSA) is 114 Å². The van der Waals surface area contributed by atoms with E-state index >= 15 is 0 Å². The molecule has 24 heavy (non-hydrogen) atoms. The van der Waals surface area contributed by atoms with Gasteiger partial charge in [0.25, 0.3) is 0 Å². The molecule has 1 aliphatic carbocycles. The lowest BCUT2D eigenvalue weighted by Gasteiger charge is -2.34. The fourth-order valence-electron chi connectivity index (χ4n) is 3.08. The van der Waals surface area contributed by atoms with Crippen molar-refractivity contribution in [3.05, 3.63) is 47.2 Å². The molecule has 1 atom stereocenters. The van der Waals surface area contributed by atoms with E-state index in [1.165, 1.54) is 7.11 Å². The molecule has 0 saturated carbocycles. The highest BCUT2D eigenvalue weighted by Crippen LogP contribution is 2.42. The highest BCUT2D eigenvalue weighted by molar-refractivity contribution is 5.95. The number of rotatable bonds is 5. The highest BCUT2D eigenvalue weighted by atomic mass is 16.7. The number of allylic oxidation sites excluding steroid dienone is 2. The number of fused-ring (bicyclic) bond motifs is 1. The third kappa shape index (κ3) is 2.58. The van der Waals surface area contributed by atoms with Gasteiger partial charge in [0.05, 0.1) is 7.11 Å². The molecule has 4 N–H and O–H groups in total. The average Bonchev–Trinajstić information content (AvgIpc) is 3.02. The maximum absolute atomic E-state index is 12.3. The number of hydrogen-bond donors (Lipinski definition) is 2. The van der Waals surface area contributed by atoms with Crippen LogP contribution in [0, 0.1) is 5.41 Å². The second kappa shape index (κ2) is 5.92. The molecule has 2 amide bonds. The quantitative estimate of drug-likeness (QED) is 0.828. The summed E-state index contributed by atoms with van der Waals surface area (Å²) in [7, 11) is 1.46. The van der Waals surface area contributed by atoms with E-state index in [-0.39, 0.29) is 19.6 Å². The van der Waals surface area contributed by atoms with E-state index in [9.17, 15) is 9.59 Å². The van der Waals surface area contributed by atoms with Gasteiger partial charge in [0, 0.05) is 5.57 Å². The lowest BCUT2D eigenvalue weighted by atomic mass is 9.71. The molecule has 1 aromatic carbocycles. The molecule has 1 aliphatic heterocycles. The number of amides is 2. The predicted octanol–water partition coefficient (Wildman–Crippen LogP) is 0.775. The first-order valence-electron chi connectivity index (χ1n) is 7.40. The first-order chi connectivity index (χ1) is 11.5. The smallest absolute Gasteiger partial charge is 0.244 e. The Labute approximate surface area is 138 Å². The Balaban J connectivity index is 1.99. The Bertz CT molecular complexity index is 768. The summed E-state index contributed by atoms with van der Waals surface area (Å²) in [6, 6.07) is 5.40. The number of primary amides is 2. The van der Waals surface area contributed by atoms with Crippen molar-refractivity contribution in [3.8, 4) is 11.5 Å². The second-order valence-corrected chi connectivity index (χ2v) is 5.78. The Hall–Kier alpha value is -2.96. The van der Waals surface area contributed by atoms with E-state index in [1.807, 2.05) is 6.07 Å². The number of carbonyl (C=O) groups is 2. The number of nitrogens with two attached hydrogens (primary N) is 2. The van der Waals surface area contributed by atoms with Gasteiger partial charge in [-0.2, -0.15) is 0 Å². The monoisotopic (exact) mass is 330 g/mol. The van der Waals surface area contributed by atoms with Crippen molar-refractivity contribution in [2.24, 2.45) is 16.9 Å². The highest BCUT2D eigenvalue weighted by Gasteiger charge is 2.45. The molecule has 2 aliphatic rings. The van der Waals surface area contributed by atoms with Crippen LogP contribution in [0.4, 0.5) is 0 Å². The normalized spacial score (nSPS) is 21.7. The summed E-state index contributed by atoms with van der Waals surface area (Å²) < 4.78 is 16.0. The van der Waals surface area contributed by atoms with Crippen LogP contribution in [0.3, 0.4) is 0 Å². The standard InChI is InChI=1S/C17H18N2O5/c1-22-14-5-3-11(15(18)20)8-17(14,16(19)21)7-10-2-4-12-13(6-10)24-9-23-12/h2-6H,7-9H2,1H3,(H2,18,20)(H2,19,21). The van der Waals surface area contributed by atoms with Gasteiger partial charge in [-0.1, -0.05) is 12.1 Å². The van der Waals surface area contributed by atoms with Crippen LogP contribution in [-0.2, 0) is 20.7 Å². The Kier molecular flexibility index (Phi) is 3.92. The van der Waals surface area contributed by atoms with Crippen molar-refractivity contribution in [2.75, 3.05) is 13.9 Å².